The first kappa shape index (κ1) is 31.1. The van der Waals surface area contributed by atoms with Crippen LogP contribution in [0.5, 0.6) is 0 Å². The van der Waals surface area contributed by atoms with Crippen LogP contribution in [0.4, 0.5) is 0 Å². The van der Waals surface area contributed by atoms with Crippen molar-refractivity contribution in [2.75, 3.05) is 19.6 Å². The van der Waals surface area contributed by atoms with Crippen molar-refractivity contribution in [1.29, 1.82) is 0 Å². The van der Waals surface area contributed by atoms with Gasteiger partial charge < -0.3 is 30.6 Å². The van der Waals surface area contributed by atoms with Gasteiger partial charge in [-0.05, 0) is 20.8 Å². The van der Waals surface area contributed by atoms with E-state index in [-0.39, 0.29) is 0 Å². The quantitative estimate of drug-likeness (QED) is 0.363. The summed E-state index contributed by atoms with van der Waals surface area (Å²) in [5.74, 6) is -2.50. The highest BCUT2D eigenvalue weighted by Gasteiger charge is 2.12. The van der Waals surface area contributed by atoms with E-state index in [1.54, 1.807) is 20.8 Å². The van der Waals surface area contributed by atoms with E-state index >= 15 is 0 Å². The van der Waals surface area contributed by atoms with Crippen LogP contribution in [0.3, 0.4) is 0 Å². The maximum absolute atomic E-state index is 9.14. The number of carbonyl (C=O) groups is 3. The second kappa shape index (κ2) is 20.3. The van der Waals surface area contributed by atoms with Crippen molar-refractivity contribution < 1.29 is 45.0 Å². The smallest absolute Gasteiger partial charge is 0.300 e. The minimum absolute atomic E-state index is 0.433. The number of hydrogen-bond donors (Lipinski definition) is 6. The molecular formula is C15H33NO9. The van der Waals surface area contributed by atoms with Crippen molar-refractivity contribution >= 4 is 17.9 Å². The van der Waals surface area contributed by atoms with Gasteiger partial charge in [0.1, 0.15) is 0 Å². The lowest BCUT2D eigenvalue weighted by Gasteiger charge is -2.25. The third-order valence-corrected chi connectivity index (χ3v) is 1.57. The SMILES string of the molecule is CC(=O)O.CC(=O)O.CC(=O)O.CC(O)CN(CC(C)O)CC(C)O. The molecule has 0 saturated carbocycles. The lowest BCUT2D eigenvalue weighted by Crippen LogP contribution is -2.40. The molecule has 0 fully saturated rings. The standard InChI is InChI=1S/C9H21NO3.3C2H4O2/c1-7(11)4-10(5-8(2)12)6-9(3)13;3*1-2(3)4/h7-9,11-13H,4-6H2,1-3H3;3*1H3,(H,3,4). The zero-order chi connectivity index (χ0) is 21.2. The Hall–Kier alpha value is -1.75. The summed E-state index contributed by atoms with van der Waals surface area (Å²) in [6.45, 7) is 9.77. The monoisotopic (exact) mass is 371 g/mol. The average molecular weight is 371 g/mol. The molecule has 25 heavy (non-hydrogen) atoms. The lowest BCUT2D eigenvalue weighted by molar-refractivity contribution is -0.135. The second-order valence-electron chi connectivity index (χ2n) is 5.32. The van der Waals surface area contributed by atoms with Gasteiger partial charge in [-0.3, -0.25) is 19.3 Å². The summed E-state index contributed by atoms with van der Waals surface area (Å²) in [6, 6.07) is 0. The number of aliphatic hydroxyl groups excluding tert-OH is 3. The molecule has 0 rings (SSSR count). The molecule has 0 radical (unpaired) electrons. The highest BCUT2D eigenvalue weighted by atomic mass is 16.4. The van der Waals surface area contributed by atoms with E-state index in [4.69, 9.17) is 45.0 Å². The molecule has 0 amide bonds. The van der Waals surface area contributed by atoms with Gasteiger partial charge in [-0.25, -0.2) is 0 Å². The maximum Gasteiger partial charge on any atom is 0.300 e. The molecule has 0 spiro atoms. The molecule has 0 aromatic heterocycles. The van der Waals surface area contributed by atoms with Crippen LogP contribution in [0.1, 0.15) is 41.5 Å². The van der Waals surface area contributed by atoms with Gasteiger partial charge in [0, 0.05) is 40.4 Å². The third-order valence-electron chi connectivity index (χ3n) is 1.57. The molecule has 3 unspecified atom stereocenters. The molecule has 0 aliphatic carbocycles. The predicted octanol–water partition coefficient (Wildman–Crippen LogP) is -0.296. The Kier molecular flexibility index (Phi) is 25.2. The maximum atomic E-state index is 9.14. The Morgan fingerprint density at radius 3 is 0.840 bits per heavy atom. The molecule has 0 aromatic carbocycles. The fraction of sp³-hybridized carbons (Fsp3) is 0.800. The first-order valence-electron chi connectivity index (χ1n) is 7.46. The average Bonchev–Trinajstić information content (AvgIpc) is 2.22. The summed E-state index contributed by atoms with van der Waals surface area (Å²) in [7, 11) is 0. The molecule has 0 aliphatic heterocycles. The Bertz CT molecular complexity index is 280. The minimum Gasteiger partial charge on any atom is -0.481 e. The van der Waals surface area contributed by atoms with Crippen molar-refractivity contribution in [2.24, 2.45) is 0 Å². The molecule has 0 saturated heterocycles. The van der Waals surface area contributed by atoms with Crippen LogP contribution in [0.15, 0.2) is 0 Å². The van der Waals surface area contributed by atoms with Crippen molar-refractivity contribution in [3.63, 3.8) is 0 Å². The van der Waals surface area contributed by atoms with E-state index in [1.807, 2.05) is 4.90 Å². The number of aliphatic carboxylic acids is 3. The van der Waals surface area contributed by atoms with Crippen LogP contribution < -0.4 is 0 Å². The topological polar surface area (TPSA) is 176 Å². The van der Waals surface area contributed by atoms with Gasteiger partial charge in [0.25, 0.3) is 17.9 Å². The molecule has 0 aliphatic rings. The van der Waals surface area contributed by atoms with Gasteiger partial charge in [0.05, 0.1) is 18.3 Å². The molecule has 10 heteroatoms. The van der Waals surface area contributed by atoms with E-state index in [0.29, 0.717) is 19.6 Å². The van der Waals surface area contributed by atoms with Crippen molar-refractivity contribution in [1.82, 2.24) is 4.90 Å². The van der Waals surface area contributed by atoms with Crippen LogP contribution in [0, 0.1) is 0 Å². The van der Waals surface area contributed by atoms with E-state index < -0.39 is 36.2 Å². The summed E-state index contributed by atoms with van der Waals surface area (Å²) in [4.78, 5) is 28.8. The van der Waals surface area contributed by atoms with Gasteiger partial charge >= 0.3 is 0 Å². The summed E-state index contributed by atoms with van der Waals surface area (Å²) in [6.07, 6.45) is -1.30. The zero-order valence-electron chi connectivity index (χ0n) is 15.7. The number of carboxylic acids is 3. The summed E-state index contributed by atoms with van der Waals surface area (Å²) >= 11 is 0. The second-order valence-corrected chi connectivity index (χ2v) is 5.32. The van der Waals surface area contributed by atoms with E-state index in [1.165, 1.54) is 0 Å². The Labute approximate surface area is 148 Å². The Morgan fingerprint density at radius 2 is 0.760 bits per heavy atom. The Balaban J connectivity index is -0.000000150. The highest BCUT2D eigenvalue weighted by molar-refractivity contribution is 5.63. The number of aliphatic hydroxyl groups is 3. The van der Waals surface area contributed by atoms with Crippen molar-refractivity contribution in [3.05, 3.63) is 0 Å². The molecule has 10 nitrogen and oxygen atoms in total. The van der Waals surface area contributed by atoms with Crippen molar-refractivity contribution in [3.8, 4) is 0 Å². The number of hydrogen-bond acceptors (Lipinski definition) is 7. The molecule has 0 heterocycles. The minimum atomic E-state index is -0.833. The predicted molar refractivity (Wildman–Crippen MR) is 91.4 cm³/mol. The first-order chi connectivity index (χ1) is 11.1. The molecule has 0 bridgehead atoms. The summed E-state index contributed by atoms with van der Waals surface area (Å²) < 4.78 is 0. The van der Waals surface area contributed by atoms with E-state index in [2.05, 4.69) is 0 Å². The van der Waals surface area contributed by atoms with Crippen LogP contribution in [-0.4, -0.2) is 91.4 Å². The molecule has 3 atom stereocenters. The van der Waals surface area contributed by atoms with E-state index in [9.17, 15) is 0 Å². The molecular weight excluding hydrogens is 338 g/mol. The lowest BCUT2D eigenvalue weighted by atomic mass is 10.2. The number of nitrogens with zero attached hydrogens (tertiary/aromatic N) is 1. The van der Waals surface area contributed by atoms with Gasteiger partial charge in [0.2, 0.25) is 0 Å². The van der Waals surface area contributed by atoms with E-state index in [0.717, 1.165) is 20.8 Å². The first-order valence-corrected chi connectivity index (χ1v) is 7.46. The fourth-order valence-corrected chi connectivity index (χ4v) is 1.34. The van der Waals surface area contributed by atoms with Gasteiger partial charge in [-0.2, -0.15) is 0 Å². The normalized spacial score (nSPS) is 12.7. The summed E-state index contributed by atoms with van der Waals surface area (Å²) in [5.41, 5.74) is 0. The molecule has 6 N–H and O–H groups in total. The summed E-state index contributed by atoms with van der Waals surface area (Å²) in [5, 5.41) is 49.7. The zero-order valence-corrected chi connectivity index (χ0v) is 15.7. The van der Waals surface area contributed by atoms with Crippen molar-refractivity contribution in [2.45, 2.75) is 59.9 Å². The van der Waals surface area contributed by atoms with Gasteiger partial charge in [-0.1, -0.05) is 0 Å². The number of carboxylic acid groups (broad SMARTS) is 3. The number of rotatable bonds is 6. The molecule has 0 aromatic rings. The van der Waals surface area contributed by atoms with Crippen LogP contribution in [-0.2, 0) is 14.4 Å². The van der Waals surface area contributed by atoms with Gasteiger partial charge in [-0.15, -0.1) is 0 Å². The third kappa shape index (κ3) is 86.8. The van der Waals surface area contributed by atoms with Crippen LogP contribution in [0.25, 0.3) is 0 Å². The fourth-order valence-electron chi connectivity index (χ4n) is 1.34. The van der Waals surface area contributed by atoms with Crippen LogP contribution >= 0.6 is 0 Å². The van der Waals surface area contributed by atoms with Crippen LogP contribution in [0.2, 0.25) is 0 Å². The largest absolute Gasteiger partial charge is 0.481 e. The molecule has 152 valence electrons. The Morgan fingerprint density at radius 1 is 0.640 bits per heavy atom. The van der Waals surface area contributed by atoms with Gasteiger partial charge in [0.15, 0.2) is 0 Å². The highest BCUT2D eigenvalue weighted by Crippen LogP contribution is 1.97.